The number of carbonyl (C=O) groups is 1. The number of halogens is 4. The van der Waals surface area contributed by atoms with E-state index in [0.717, 1.165) is 25.0 Å². The first-order chi connectivity index (χ1) is 23.9. The molecule has 10 nitrogen and oxygen atoms in total. The fraction of sp³-hybridized carbons (Fsp3) is 0.583. The lowest BCUT2D eigenvalue weighted by molar-refractivity contribution is -0.346. The molecule has 0 N–H and O–H groups in total. The first-order valence-corrected chi connectivity index (χ1v) is 20.5. The molecule has 6 rings (SSSR count). The summed E-state index contributed by atoms with van der Waals surface area (Å²) < 4.78 is 75.7. The van der Waals surface area contributed by atoms with Gasteiger partial charge in [-0.3, -0.25) is 4.79 Å². The van der Waals surface area contributed by atoms with E-state index in [2.05, 4.69) is 44.2 Å². The topological polar surface area (TPSA) is 97.2 Å². The summed E-state index contributed by atoms with van der Waals surface area (Å²) in [4.78, 5) is 16.9. The van der Waals surface area contributed by atoms with E-state index in [1.807, 2.05) is 6.07 Å². The smallest absolute Gasteiger partial charge is 0.259 e. The zero-order chi connectivity index (χ0) is 37.0. The maximum Gasteiger partial charge on any atom is 0.259 e. The van der Waals surface area contributed by atoms with Crippen LogP contribution in [0.2, 0.25) is 23.2 Å². The summed E-state index contributed by atoms with van der Waals surface area (Å²) >= 11 is 6.51. The van der Waals surface area contributed by atoms with Crippen LogP contribution in [0.5, 0.6) is 0 Å². The summed E-state index contributed by atoms with van der Waals surface area (Å²) in [5.41, 5.74) is 0.662. The number of benzene rings is 2. The normalized spacial score (nSPS) is 28.0. The molecule has 2 saturated heterocycles. The van der Waals surface area contributed by atoms with Crippen molar-refractivity contribution in [3.63, 3.8) is 0 Å². The number of anilines is 1. The summed E-state index contributed by atoms with van der Waals surface area (Å²) in [5.74, 6) is -5.68. The van der Waals surface area contributed by atoms with Crippen molar-refractivity contribution in [3.8, 4) is 11.3 Å². The van der Waals surface area contributed by atoms with Gasteiger partial charge in [0.25, 0.3) is 5.91 Å². The van der Waals surface area contributed by atoms with Crippen molar-refractivity contribution >= 4 is 31.5 Å². The Morgan fingerprint density at radius 3 is 2.47 bits per heavy atom. The highest BCUT2D eigenvalue weighted by Gasteiger charge is 2.56. The molecule has 3 aliphatic rings. The summed E-state index contributed by atoms with van der Waals surface area (Å²) in [6.45, 7) is 14.6. The molecule has 1 aliphatic carbocycles. The standard InChI is InChI=1S/C36H46ClF3N4O6Si/c1-35(2,3)51(7,8)50-27-14-10-13-26(27)44(22-12-9-11-21(37)17-22)34(45)33-32(46-6)30(31-28(48-33)19-47-36(4,5)49-31)43-18-25(41-42-43)20-15-23(38)29(40)24(39)16-20/h9,11-12,15-18,26-28,30-33H,10,13-14,19H2,1-8H3/t26-,27-,28?,30?,31?,32?,33?/m0/s1. The molecule has 1 aromatic heterocycles. The van der Waals surface area contributed by atoms with Crippen molar-refractivity contribution in [2.45, 2.75) is 120 Å². The molecule has 3 aromatic rings. The second-order valence-electron chi connectivity index (χ2n) is 15.5. The van der Waals surface area contributed by atoms with Gasteiger partial charge in [0.05, 0.1) is 24.9 Å². The lowest BCUT2D eigenvalue weighted by atomic mass is 9.90. The SMILES string of the molecule is COC1C(C(=O)N(c2cccc(Cl)c2)[C@H]2CCC[C@@H]2O[Si](C)(C)C(C)(C)C)OC2COC(C)(C)OC2C1n1cc(-c2cc(F)c(F)c(F)c2)nn1. The molecule has 1 saturated carbocycles. The molecule has 3 heterocycles. The molecule has 15 heteroatoms. The van der Waals surface area contributed by atoms with Gasteiger partial charge in [-0.05, 0) is 81.6 Å². The number of carbonyl (C=O) groups excluding carboxylic acids is 1. The van der Waals surface area contributed by atoms with Crippen LogP contribution in [0, 0.1) is 17.5 Å². The zero-order valence-corrected chi connectivity index (χ0v) is 31.9. The Hall–Kier alpha value is -2.85. The van der Waals surface area contributed by atoms with Crippen LogP contribution < -0.4 is 4.90 Å². The van der Waals surface area contributed by atoms with Gasteiger partial charge in [0, 0.05) is 23.4 Å². The number of methoxy groups -OCH3 is 1. The molecule has 7 atom stereocenters. The number of hydrogen-bond acceptors (Lipinski definition) is 8. The zero-order valence-electron chi connectivity index (χ0n) is 30.2. The lowest BCUT2D eigenvalue weighted by Gasteiger charge is -2.51. The number of amides is 1. The second-order valence-corrected chi connectivity index (χ2v) is 20.7. The number of fused-ring (bicyclic) bond motifs is 1. The monoisotopic (exact) mass is 750 g/mol. The maximum absolute atomic E-state index is 15.2. The van der Waals surface area contributed by atoms with Crippen LogP contribution >= 0.6 is 11.6 Å². The van der Waals surface area contributed by atoms with Crippen LogP contribution in [-0.4, -0.2) is 85.3 Å². The Kier molecular flexibility index (Phi) is 10.5. The summed E-state index contributed by atoms with van der Waals surface area (Å²) in [7, 11) is -0.762. The average Bonchev–Trinajstić information content (AvgIpc) is 3.72. The van der Waals surface area contributed by atoms with Crippen LogP contribution in [0.1, 0.15) is 59.9 Å². The van der Waals surface area contributed by atoms with Crippen LogP contribution in [0.3, 0.4) is 0 Å². The number of rotatable bonds is 8. The minimum Gasteiger partial charge on any atom is -0.412 e. The van der Waals surface area contributed by atoms with Gasteiger partial charge in [-0.25, -0.2) is 17.9 Å². The largest absolute Gasteiger partial charge is 0.412 e. The van der Waals surface area contributed by atoms with Gasteiger partial charge >= 0.3 is 0 Å². The van der Waals surface area contributed by atoms with Gasteiger partial charge in [0.1, 0.15) is 30.0 Å². The predicted octanol–water partition coefficient (Wildman–Crippen LogP) is 7.47. The molecule has 1 amide bonds. The van der Waals surface area contributed by atoms with E-state index in [0.29, 0.717) is 17.1 Å². The fourth-order valence-corrected chi connectivity index (χ4v) is 8.58. The second kappa shape index (κ2) is 14.2. The van der Waals surface area contributed by atoms with Crippen molar-refractivity contribution in [3.05, 3.63) is 65.1 Å². The molecule has 0 bridgehead atoms. The van der Waals surface area contributed by atoms with Crippen molar-refractivity contribution < 1.29 is 41.3 Å². The van der Waals surface area contributed by atoms with E-state index in [1.165, 1.54) is 18.0 Å². The quantitative estimate of drug-likeness (QED) is 0.173. The summed E-state index contributed by atoms with van der Waals surface area (Å²) in [6, 6.07) is 7.71. The van der Waals surface area contributed by atoms with Crippen molar-refractivity contribution in [2.75, 3.05) is 18.6 Å². The van der Waals surface area contributed by atoms with Crippen LogP contribution in [0.4, 0.5) is 18.9 Å². The Balaban J connectivity index is 1.41. The molecular formula is C36H46ClF3N4O6Si. The highest BCUT2D eigenvalue weighted by molar-refractivity contribution is 6.74. The van der Waals surface area contributed by atoms with Crippen molar-refractivity contribution in [1.82, 2.24) is 15.0 Å². The molecule has 2 aromatic carbocycles. The third-order valence-electron chi connectivity index (χ3n) is 10.6. The molecule has 0 spiro atoms. The van der Waals surface area contributed by atoms with Crippen LogP contribution in [-0.2, 0) is 28.2 Å². The van der Waals surface area contributed by atoms with Gasteiger partial charge in [-0.1, -0.05) is 43.7 Å². The molecule has 3 fully saturated rings. The van der Waals surface area contributed by atoms with E-state index >= 15 is 4.79 Å². The number of ether oxygens (including phenoxy) is 4. The van der Waals surface area contributed by atoms with Crippen LogP contribution in [0.25, 0.3) is 11.3 Å². The van der Waals surface area contributed by atoms with E-state index in [-0.39, 0.29) is 41.0 Å². The van der Waals surface area contributed by atoms with E-state index in [4.69, 9.17) is 35.0 Å². The Morgan fingerprint density at radius 2 is 1.82 bits per heavy atom. The van der Waals surface area contributed by atoms with Crippen molar-refractivity contribution in [2.24, 2.45) is 0 Å². The molecule has 0 radical (unpaired) electrons. The number of aromatic nitrogens is 3. The number of nitrogens with zero attached hydrogens (tertiary/aromatic N) is 4. The highest BCUT2D eigenvalue weighted by atomic mass is 35.5. The first-order valence-electron chi connectivity index (χ1n) is 17.2. The lowest BCUT2D eigenvalue weighted by Crippen LogP contribution is -2.66. The van der Waals surface area contributed by atoms with Crippen molar-refractivity contribution in [1.29, 1.82) is 0 Å². The molecule has 278 valence electrons. The first kappa shape index (κ1) is 37.9. The number of hydrogen-bond donors (Lipinski definition) is 0. The Bertz CT molecular complexity index is 1730. The highest BCUT2D eigenvalue weighted by Crippen LogP contribution is 2.44. The van der Waals surface area contributed by atoms with Crippen LogP contribution in [0.15, 0.2) is 42.6 Å². The molecular weight excluding hydrogens is 705 g/mol. The Labute approximate surface area is 302 Å². The van der Waals surface area contributed by atoms with Gasteiger partial charge in [0.2, 0.25) is 0 Å². The maximum atomic E-state index is 15.2. The third-order valence-corrected chi connectivity index (χ3v) is 15.4. The average molecular weight is 751 g/mol. The molecule has 51 heavy (non-hydrogen) atoms. The third kappa shape index (κ3) is 7.51. The summed E-state index contributed by atoms with van der Waals surface area (Å²) in [6.07, 6.45) is -0.0365. The van der Waals surface area contributed by atoms with Gasteiger partial charge < -0.3 is 28.3 Å². The van der Waals surface area contributed by atoms with Gasteiger partial charge in [-0.15, -0.1) is 5.10 Å². The predicted molar refractivity (Wildman–Crippen MR) is 187 cm³/mol. The molecule has 2 aliphatic heterocycles. The molecule has 5 unspecified atom stereocenters. The summed E-state index contributed by atoms with van der Waals surface area (Å²) in [5, 5.41) is 8.89. The van der Waals surface area contributed by atoms with E-state index < -0.39 is 62.0 Å². The fourth-order valence-electron chi connectivity index (χ4n) is 7.01. The Morgan fingerprint density at radius 1 is 1.12 bits per heavy atom. The van der Waals surface area contributed by atoms with Gasteiger partial charge in [-0.2, -0.15) is 0 Å². The van der Waals surface area contributed by atoms with E-state index in [9.17, 15) is 13.2 Å². The minimum absolute atomic E-state index is 0.0165. The van der Waals surface area contributed by atoms with E-state index in [1.54, 1.807) is 36.9 Å². The van der Waals surface area contributed by atoms with Gasteiger partial charge in [0.15, 0.2) is 37.7 Å². The minimum atomic E-state index is -2.23.